The number of aryl methyl sites for hydroxylation is 1. The summed E-state index contributed by atoms with van der Waals surface area (Å²) in [5, 5.41) is 0. The van der Waals surface area contributed by atoms with E-state index in [1.165, 1.54) is 58.3 Å². The van der Waals surface area contributed by atoms with E-state index < -0.39 is 11.9 Å². The number of hydrogen-bond donors (Lipinski definition) is 0. The molecule has 5 nitrogen and oxygen atoms in total. The van der Waals surface area contributed by atoms with Crippen LogP contribution in [0.1, 0.15) is 49.7 Å². The van der Waals surface area contributed by atoms with Gasteiger partial charge < -0.3 is 14.4 Å². The van der Waals surface area contributed by atoms with E-state index in [-0.39, 0.29) is 16.7 Å². The minimum absolute atomic E-state index is 0.176. The predicted molar refractivity (Wildman–Crippen MR) is 123 cm³/mol. The number of methoxy groups -OCH3 is 2. The molecule has 32 heavy (non-hydrogen) atoms. The van der Waals surface area contributed by atoms with Crippen molar-refractivity contribution in [3.63, 3.8) is 0 Å². The van der Waals surface area contributed by atoms with Crippen molar-refractivity contribution in [2.75, 3.05) is 19.1 Å². The average molecular weight is 434 g/mol. The fourth-order valence-corrected chi connectivity index (χ4v) is 7.01. The van der Waals surface area contributed by atoms with E-state index in [4.69, 9.17) is 9.47 Å². The highest BCUT2D eigenvalue weighted by Gasteiger charge is 2.51. The van der Waals surface area contributed by atoms with Gasteiger partial charge in [-0.25, -0.2) is 9.59 Å². The lowest BCUT2D eigenvalue weighted by atomic mass is 9.48. The Morgan fingerprint density at radius 2 is 1.56 bits per heavy atom. The summed E-state index contributed by atoms with van der Waals surface area (Å²) in [7, 11) is 2.65. The zero-order chi connectivity index (χ0) is 22.5. The van der Waals surface area contributed by atoms with Gasteiger partial charge in [0.05, 0.1) is 19.8 Å². The highest BCUT2D eigenvalue weighted by Crippen LogP contribution is 2.61. The van der Waals surface area contributed by atoms with Crippen LogP contribution in [0.25, 0.3) is 0 Å². The second-order valence-electron chi connectivity index (χ2n) is 10.0. The van der Waals surface area contributed by atoms with Crippen molar-refractivity contribution in [2.45, 2.75) is 50.9 Å². The van der Waals surface area contributed by atoms with Crippen LogP contribution in [0.4, 0.5) is 5.69 Å². The maximum Gasteiger partial charge on any atom is 0.355 e. The summed E-state index contributed by atoms with van der Waals surface area (Å²) < 4.78 is 10.0. The van der Waals surface area contributed by atoms with E-state index in [9.17, 15) is 9.59 Å². The molecule has 0 saturated heterocycles. The van der Waals surface area contributed by atoms with Crippen LogP contribution in [-0.4, -0.2) is 26.2 Å². The van der Waals surface area contributed by atoms with Gasteiger partial charge >= 0.3 is 11.9 Å². The minimum atomic E-state index is -0.568. The van der Waals surface area contributed by atoms with Gasteiger partial charge in [0, 0.05) is 11.9 Å². The zero-order valence-electron chi connectivity index (χ0n) is 19.1. The van der Waals surface area contributed by atoms with Crippen LogP contribution in [0, 0.1) is 24.7 Å². The summed E-state index contributed by atoms with van der Waals surface area (Å²) in [6, 6.07) is 6.69. The Morgan fingerprint density at radius 3 is 2.16 bits per heavy atom. The van der Waals surface area contributed by atoms with E-state index in [1.807, 2.05) is 19.2 Å². The molecule has 1 aliphatic heterocycles. The first-order valence-electron chi connectivity index (χ1n) is 11.6. The second-order valence-corrected chi connectivity index (χ2v) is 10.0. The van der Waals surface area contributed by atoms with Gasteiger partial charge in [-0.05, 0) is 98.0 Å². The molecule has 4 bridgehead atoms. The lowest BCUT2D eigenvalue weighted by Crippen LogP contribution is -2.48. The molecule has 4 saturated carbocycles. The molecule has 6 rings (SSSR count). The lowest BCUT2D eigenvalue weighted by molar-refractivity contribution is -0.139. The molecule has 1 aromatic carbocycles. The van der Waals surface area contributed by atoms with Gasteiger partial charge in [0.15, 0.2) is 0 Å². The second kappa shape index (κ2) is 7.95. The smallest absolute Gasteiger partial charge is 0.355 e. The fourth-order valence-electron chi connectivity index (χ4n) is 7.01. The van der Waals surface area contributed by atoms with Crippen LogP contribution in [0.5, 0.6) is 0 Å². The van der Waals surface area contributed by atoms with Gasteiger partial charge in [0.25, 0.3) is 0 Å². The van der Waals surface area contributed by atoms with Gasteiger partial charge in [-0.2, -0.15) is 0 Å². The molecule has 168 valence electrons. The zero-order valence-corrected chi connectivity index (χ0v) is 19.1. The van der Waals surface area contributed by atoms with Gasteiger partial charge in [0.2, 0.25) is 0 Å². The summed E-state index contributed by atoms with van der Waals surface area (Å²) in [5.74, 6) is 1.42. The van der Waals surface area contributed by atoms with Crippen molar-refractivity contribution < 1.29 is 19.1 Å². The summed E-state index contributed by atoms with van der Waals surface area (Å²) in [6.07, 6.45) is 15.0. The highest BCUT2D eigenvalue weighted by molar-refractivity contribution is 6.05. The average Bonchev–Trinajstić information content (AvgIpc) is 3.00. The first kappa shape index (κ1) is 21.0. The van der Waals surface area contributed by atoms with Crippen LogP contribution in [0.3, 0.4) is 0 Å². The summed E-state index contributed by atoms with van der Waals surface area (Å²) >= 11 is 0. The van der Waals surface area contributed by atoms with E-state index in [1.54, 1.807) is 17.1 Å². The molecule has 0 aromatic heterocycles. The van der Waals surface area contributed by atoms with Crippen molar-refractivity contribution in [1.29, 1.82) is 0 Å². The Morgan fingerprint density at radius 1 is 0.938 bits per heavy atom. The molecular weight excluding hydrogens is 402 g/mol. The Kier molecular flexibility index (Phi) is 5.23. The Hall–Kier alpha value is -2.82. The van der Waals surface area contributed by atoms with E-state index in [0.717, 1.165) is 29.0 Å². The van der Waals surface area contributed by atoms with Gasteiger partial charge in [-0.15, -0.1) is 0 Å². The molecule has 0 spiro atoms. The van der Waals surface area contributed by atoms with Crippen LogP contribution in [-0.2, 0) is 24.5 Å². The number of nitrogens with zero attached hydrogens (tertiary/aromatic N) is 1. The normalized spacial score (nSPS) is 30.5. The number of carbonyl (C=O) groups is 2. The minimum Gasteiger partial charge on any atom is -0.465 e. The first-order chi connectivity index (χ1) is 15.4. The van der Waals surface area contributed by atoms with Crippen molar-refractivity contribution in [1.82, 2.24) is 0 Å². The molecule has 1 heterocycles. The molecule has 1 aromatic rings. The summed E-state index contributed by atoms with van der Waals surface area (Å²) in [6.45, 7) is 2.04. The third-order valence-corrected chi connectivity index (χ3v) is 8.01. The Balaban J connectivity index is 1.61. The van der Waals surface area contributed by atoms with Crippen molar-refractivity contribution in [3.8, 4) is 0 Å². The van der Waals surface area contributed by atoms with Crippen LogP contribution < -0.4 is 4.90 Å². The van der Waals surface area contributed by atoms with Crippen molar-refractivity contribution in [2.24, 2.45) is 17.8 Å². The fraction of sp³-hybridized carbons (Fsp3) is 0.481. The first-order valence-corrected chi connectivity index (χ1v) is 11.6. The third kappa shape index (κ3) is 3.39. The van der Waals surface area contributed by atoms with E-state index in [2.05, 4.69) is 18.2 Å². The van der Waals surface area contributed by atoms with Gasteiger partial charge in [0.1, 0.15) is 5.70 Å². The molecular formula is C27H31NO4. The topological polar surface area (TPSA) is 55.8 Å². The van der Waals surface area contributed by atoms with Crippen molar-refractivity contribution >= 4 is 17.6 Å². The number of carbonyl (C=O) groups excluding carboxylic acids is 2. The number of allylic oxidation sites excluding steroid dienone is 2. The summed E-state index contributed by atoms with van der Waals surface area (Å²) in [5.41, 5.74) is 3.91. The molecule has 0 unspecified atom stereocenters. The number of anilines is 1. The quantitative estimate of drug-likeness (QED) is 0.629. The number of rotatable bonds is 4. The van der Waals surface area contributed by atoms with Crippen LogP contribution in [0.15, 0.2) is 53.9 Å². The Bertz CT molecular complexity index is 1010. The number of esters is 2. The molecule has 0 atom stereocenters. The Labute approximate surface area is 189 Å². The van der Waals surface area contributed by atoms with Gasteiger partial charge in [-0.3, -0.25) is 0 Å². The molecule has 5 aliphatic rings. The van der Waals surface area contributed by atoms with E-state index in [0.29, 0.717) is 0 Å². The maximum atomic E-state index is 12.9. The lowest BCUT2D eigenvalue weighted by Gasteiger charge is -2.57. The number of benzene rings is 1. The van der Waals surface area contributed by atoms with E-state index >= 15 is 0 Å². The monoisotopic (exact) mass is 433 g/mol. The third-order valence-electron chi connectivity index (χ3n) is 8.01. The summed E-state index contributed by atoms with van der Waals surface area (Å²) in [4.78, 5) is 27.2. The molecule has 0 amide bonds. The van der Waals surface area contributed by atoms with Crippen molar-refractivity contribution in [3.05, 3.63) is 65.0 Å². The maximum absolute atomic E-state index is 12.9. The standard InChI is InChI=1S/C27H31NO4/c1-17-7-8-21(27-14-18-10-19(15-27)12-20(11-18)16-27)13-23(17)28-9-5-4-6-22(25(29)31-2)24(28)26(30)32-3/h4-9,13,18-20H,10-12,14-16H2,1-3H3. The molecule has 0 N–H and O–H groups in total. The number of ether oxygens (including phenoxy) is 2. The molecule has 5 heteroatoms. The molecule has 4 aliphatic carbocycles. The van der Waals surface area contributed by atoms with Crippen LogP contribution >= 0.6 is 0 Å². The molecule has 0 radical (unpaired) electrons. The number of hydrogen-bond acceptors (Lipinski definition) is 5. The van der Waals surface area contributed by atoms with Crippen LogP contribution in [0.2, 0.25) is 0 Å². The largest absolute Gasteiger partial charge is 0.465 e. The predicted octanol–water partition coefficient (Wildman–Crippen LogP) is 4.95. The SMILES string of the molecule is COC(=O)C1=C(C(=O)OC)N(c2cc(C34CC5CC(CC(C5)C3)C4)ccc2C)C=CC=C1. The highest BCUT2D eigenvalue weighted by atomic mass is 16.5. The molecule has 4 fully saturated rings. The van der Waals surface area contributed by atoms with Gasteiger partial charge in [-0.1, -0.05) is 18.2 Å².